The van der Waals surface area contributed by atoms with E-state index in [1.807, 2.05) is 58.8 Å². The van der Waals surface area contributed by atoms with E-state index in [0.29, 0.717) is 49.4 Å². The van der Waals surface area contributed by atoms with Crippen LogP contribution in [0.5, 0.6) is 11.5 Å². The number of nitrogens with zero attached hydrogens (tertiary/aromatic N) is 3. The fraction of sp³-hybridized carbons (Fsp3) is 0.562. The number of amides is 3. The molecule has 1 saturated carbocycles. The molecule has 0 spiro atoms. The molecular formula is C32H45BN4O5. The Morgan fingerprint density at radius 1 is 1.00 bits per heavy atom. The van der Waals surface area contributed by atoms with Crippen LogP contribution in [0, 0.1) is 0 Å². The SMILES string of the molecule is [B]N1C[C@H](N(C(=O)c2ccc(OC)c(OCCCOC)c2)C(C)C)CC[C@@H]1CCN(C(=O)Nc1ccccc1)C1CC1. The normalized spacial score (nSPS) is 18.9. The number of methoxy groups -OCH3 is 2. The highest BCUT2D eigenvalue weighted by atomic mass is 16.5. The zero-order valence-electron chi connectivity index (χ0n) is 25.5. The average molecular weight is 577 g/mol. The Balaban J connectivity index is 1.36. The molecule has 1 saturated heterocycles. The van der Waals surface area contributed by atoms with Crippen molar-refractivity contribution < 1.29 is 23.8 Å². The first-order valence-corrected chi connectivity index (χ1v) is 15.1. The van der Waals surface area contributed by atoms with E-state index in [9.17, 15) is 9.59 Å². The molecule has 1 N–H and O–H groups in total. The van der Waals surface area contributed by atoms with Gasteiger partial charge in [-0.1, -0.05) is 18.2 Å². The van der Waals surface area contributed by atoms with E-state index in [4.69, 9.17) is 22.2 Å². The molecule has 2 fully saturated rings. The number of rotatable bonds is 14. The summed E-state index contributed by atoms with van der Waals surface area (Å²) < 4.78 is 16.5. The molecule has 1 heterocycles. The molecule has 2 aromatic rings. The summed E-state index contributed by atoms with van der Waals surface area (Å²) in [7, 11) is 9.84. The lowest BCUT2D eigenvalue weighted by Gasteiger charge is -2.44. The Hall–Kier alpha value is -3.24. The molecule has 0 aromatic heterocycles. The van der Waals surface area contributed by atoms with Crippen molar-refractivity contribution in [2.24, 2.45) is 0 Å². The monoisotopic (exact) mass is 576 g/mol. The molecular weight excluding hydrogens is 531 g/mol. The minimum Gasteiger partial charge on any atom is -0.493 e. The van der Waals surface area contributed by atoms with E-state index in [1.165, 1.54) is 0 Å². The predicted molar refractivity (Wildman–Crippen MR) is 165 cm³/mol. The predicted octanol–water partition coefficient (Wildman–Crippen LogP) is 4.96. The highest BCUT2D eigenvalue weighted by Gasteiger charge is 2.36. The summed E-state index contributed by atoms with van der Waals surface area (Å²) in [6.07, 6.45) is 5.31. The molecule has 42 heavy (non-hydrogen) atoms. The van der Waals surface area contributed by atoms with Gasteiger partial charge < -0.3 is 34.1 Å². The fourth-order valence-electron chi connectivity index (χ4n) is 5.69. The molecule has 4 rings (SSSR count). The van der Waals surface area contributed by atoms with Gasteiger partial charge in [0, 0.05) is 62.6 Å². The maximum absolute atomic E-state index is 13.8. The number of benzene rings is 2. The van der Waals surface area contributed by atoms with E-state index >= 15 is 0 Å². The summed E-state index contributed by atoms with van der Waals surface area (Å²) in [5, 5.41) is 3.03. The van der Waals surface area contributed by atoms with Gasteiger partial charge in [0.25, 0.3) is 5.91 Å². The number of urea groups is 1. The maximum Gasteiger partial charge on any atom is 0.322 e. The maximum atomic E-state index is 13.8. The first-order valence-electron chi connectivity index (χ1n) is 15.1. The quantitative estimate of drug-likeness (QED) is 0.253. The molecule has 3 amide bonds. The van der Waals surface area contributed by atoms with Crippen LogP contribution in [0.3, 0.4) is 0 Å². The summed E-state index contributed by atoms with van der Waals surface area (Å²) in [6.45, 7) is 6.36. The molecule has 0 unspecified atom stereocenters. The largest absolute Gasteiger partial charge is 0.493 e. The summed E-state index contributed by atoms with van der Waals surface area (Å²) >= 11 is 0. The van der Waals surface area contributed by atoms with E-state index < -0.39 is 0 Å². The molecule has 1 aliphatic carbocycles. The van der Waals surface area contributed by atoms with Gasteiger partial charge in [-0.05, 0) is 82.3 Å². The van der Waals surface area contributed by atoms with Gasteiger partial charge in [-0.3, -0.25) is 4.79 Å². The number of carbonyl (C=O) groups excluding carboxylic acids is 2. The summed E-state index contributed by atoms with van der Waals surface area (Å²) in [5.41, 5.74) is 1.36. The lowest BCUT2D eigenvalue weighted by molar-refractivity contribution is 0.0468. The van der Waals surface area contributed by atoms with Crippen LogP contribution >= 0.6 is 0 Å². The molecule has 0 bridgehead atoms. The average Bonchev–Trinajstić information content (AvgIpc) is 3.82. The molecule has 1 aliphatic heterocycles. The number of piperidine rings is 1. The van der Waals surface area contributed by atoms with Gasteiger partial charge in [0.1, 0.15) is 0 Å². The van der Waals surface area contributed by atoms with Gasteiger partial charge in [-0.25, -0.2) is 4.79 Å². The zero-order chi connectivity index (χ0) is 30.1. The molecule has 2 aromatic carbocycles. The molecule has 9 nitrogen and oxygen atoms in total. The van der Waals surface area contributed by atoms with E-state index in [0.717, 1.165) is 44.2 Å². The van der Waals surface area contributed by atoms with Crippen LogP contribution in [-0.2, 0) is 4.74 Å². The van der Waals surface area contributed by atoms with Crippen LogP contribution in [0.15, 0.2) is 48.5 Å². The number of para-hydroxylation sites is 1. The van der Waals surface area contributed by atoms with E-state index in [2.05, 4.69) is 5.32 Å². The second-order valence-corrected chi connectivity index (χ2v) is 11.5. The number of anilines is 1. The van der Waals surface area contributed by atoms with E-state index in [-0.39, 0.29) is 30.1 Å². The van der Waals surface area contributed by atoms with Gasteiger partial charge in [0.05, 0.1) is 13.7 Å². The van der Waals surface area contributed by atoms with Crippen LogP contribution in [0.4, 0.5) is 10.5 Å². The third-order valence-corrected chi connectivity index (χ3v) is 8.05. The topological polar surface area (TPSA) is 83.6 Å². The smallest absolute Gasteiger partial charge is 0.322 e. The zero-order valence-corrected chi connectivity index (χ0v) is 25.5. The third kappa shape index (κ3) is 8.41. The van der Waals surface area contributed by atoms with Gasteiger partial charge >= 0.3 is 6.03 Å². The molecule has 2 radical (unpaired) electrons. The Labute approximate surface area is 251 Å². The van der Waals surface area contributed by atoms with Gasteiger partial charge in [0.15, 0.2) is 19.5 Å². The number of hydrogen-bond acceptors (Lipinski definition) is 6. The lowest BCUT2D eigenvalue weighted by atomic mass is 9.91. The van der Waals surface area contributed by atoms with Crippen LogP contribution in [-0.4, -0.2) is 99.2 Å². The van der Waals surface area contributed by atoms with Gasteiger partial charge in [-0.2, -0.15) is 0 Å². The highest BCUT2D eigenvalue weighted by Crippen LogP contribution is 2.32. The molecule has 10 heteroatoms. The summed E-state index contributed by atoms with van der Waals surface area (Å²) in [6, 6.07) is 15.3. The van der Waals surface area contributed by atoms with Crippen LogP contribution < -0.4 is 14.8 Å². The standard InChI is InChI=1S/C32H45BN4O5/c1-23(2)37(31(38)24-11-16-29(41-4)30(21-24)42-20-8-19-40-3)28-15-14-27(36(33)22-28)17-18-35(26-12-13-26)32(39)34-25-9-6-5-7-10-25/h5-7,9-11,16,21,23,26-28H,8,12-15,17-20,22H2,1-4H3,(H,34,39)/t27-,28-/m1/s1. The first-order chi connectivity index (χ1) is 20.3. The van der Waals surface area contributed by atoms with Crippen LogP contribution in [0.2, 0.25) is 0 Å². The van der Waals surface area contributed by atoms with Crippen LogP contribution in [0.1, 0.15) is 62.7 Å². The molecule has 2 atom stereocenters. The number of hydrogen-bond donors (Lipinski definition) is 1. The van der Waals surface area contributed by atoms with Crippen molar-refractivity contribution in [1.29, 1.82) is 0 Å². The van der Waals surface area contributed by atoms with Crippen molar-refractivity contribution in [3.05, 3.63) is 54.1 Å². The molecule has 226 valence electrons. The molecule has 2 aliphatic rings. The number of nitrogens with one attached hydrogen (secondary N) is 1. The first kappa shape index (κ1) is 31.7. The van der Waals surface area contributed by atoms with Crippen LogP contribution in [0.25, 0.3) is 0 Å². The van der Waals surface area contributed by atoms with Crippen molar-refractivity contribution in [1.82, 2.24) is 14.6 Å². The van der Waals surface area contributed by atoms with Crippen molar-refractivity contribution in [2.45, 2.75) is 76.5 Å². The van der Waals surface area contributed by atoms with Crippen molar-refractivity contribution in [3.8, 4) is 11.5 Å². The Kier molecular flexibility index (Phi) is 11.5. The van der Waals surface area contributed by atoms with Crippen molar-refractivity contribution in [2.75, 3.05) is 45.8 Å². The van der Waals surface area contributed by atoms with Crippen molar-refractivity contribution in [3.63, 3.8) is 0 Å². The Morgan fingerprint density at radius 2 is 1.74 bits per heavy atom. The second kappa shape index (κ2) is 15.3. The fourth-order valence-corrected chi connectivity index (χ4v) is 5.69. The highest BCUT2D eigenvalue weighted by molar-refractivity contribution is 6.04. The minimum atomic E-state index is -0.0564. The summed E-state index contributed by atoms with van der Waals surface area (Å²) in [5.74, 6) is 1.08. The summed E-state index contributed by atoms with van der Waals surface area (Å²) in [4.78, 5) is 32.6. The van der Waals surface area contributed by atoms with Gasteiger partial charge in [-0.15, -0.1) is 0 Å². The Morgan fingerprint density at radius 3 is 2.38 bits per heavy atom. The number of ether oxygens (including phenoxy) is 3. The minimum absolute atomic E-state index is 0.00679. The lowest BCUT2D eigenvalue weighted by Crippen LogP contribution is -2.55. The van der Waals surface area contributed by atoms with Crippen molar-refractivity contribution >= 4 is 25.6 Å². The Bertz CT molecular complexity index is 1160. The van der Waals surface area contributed by atoms with Gasteiger partial charge in [0.2, 0.25) is 0 Å². The number of carbonyl (C=O) groups is 2. The third-order valence-electron chi connectivity index (χ3n) is 8.05. The second-order valence-electron chi connectivity index (χ2n) is 11.5. The van der Waals surface area contributed by atoms with E-state index in [1.54, 1.807) is 32.4 Å².